The molecule has 0 aromatic heterocycles. The number of hydrogen-bond acceptors (Lipinski definition) is 3. The van der Waals surface area contributed by atoms with Gasteiger partial charge >= 0.3 is 0 Å². The fourth-order valence-corrected chi connectivity index (χ4v) is 1.66. The molecule has 1 aromatic carbocycles. The predicted molar refractivity (Wildman–Crippen MR) is 74.8 cm³/mol. The fourth-order valence-electron chi connectivity index (χ4n) is 1.44. The van der Waals surface area contributed by atoms with E-state index in [1.807, 2.05) is 18.2 Å². The number of nitrogens with one attached hydrogen (secondary N) is 2. The Morgan fingerprint density at radius 1 is 1.50 bits per heavy atom. The molecule has 0 saturated carbocycles. The van der Waals surface area contributed by atoms with Gasteiger partial charge in [-0.3, -0.25) is 5.43 Å². The molecule has 100 valence electrons. The first kappa shape index (κ1) is 14.6. The Labute approximate surface area is 112 Å². The van der Waals surface area contributed by atoms with Gasteiger partial charge in [0.05, 0.1) is 13.7 Å². The van der Waals surface area contributed by atoms with E-state index in [4.69, 9.17) is 22.2 Å². The minimum absolute atomic E-state index is 0.402. The lowest BCUT2D eigenvalue weighted by molar-refractivity contribution is 0.410. The van der Waals surface area contributed by atoms with Crippen LogP contribution < -0.4 is 21.3 Å². The van der Waals surface area contributed by atoms with E-state index in [9.17, 15) is 0 Å². The highest BCUT2D eigenvalue weighted by molar-refractivity contribution is 6.31. The van der Waals surface area contributed by atoms with Crippen LogP contribution in [-0.2, 0) is 6.54 Å². The minimum Gasteiger partial charge on any atom is -0.496 e. The Hall–Kier alpha value is -1.46. The summed E-state index contributed by atoms with van der Waals surface area (Å²) < 4.78 is 5.25. The summed E-state index contributed by atoms with van der Waals surface area (Å²) in [5.41, 5.74) is 3.36. The highest BCUT2D eigenvalue weighted by Gasteiger charge is 2.07. The van der Waals surface area contributed by atoms with Gasteiger partial charge in [0.15, 0.2) is 0 Å². The van der Waals surface area contributed by atoms with E-state index >= 15 is 0 Å². The molecule has 0 radical (unpaired) electrons. The van der Waals surface area contributed by atoms with Gasteiger partial charge in [0.1, 0.15) is 5.75 Å². The molecule has 0 amide bonds. The van der Waals surface area contributed by atoms with Crippen molar-refractivity contribution in [3.63, 3.8) is 0 Å². The largest absolute Gasteiger partial charge is 0.496 e. The van der Waals surface area contributed by atoms with Crippen LogP contribution in [0.25, 0.3) is 0 Å². The number of ether oxygens (including phenoxy) is 1. The normalized spacial score (nSPS) is 11.2. The number of hydrazine groups is 1. The van der Waals surface area contributed by atoms with Crippen LogP contribution >= 0.6 is 11.6 Å². The highest BCUT2D eigenvalue weighted by atomic mass is 35.5. The van der Waals surface area contributed by atoms with Crippen molar-refractivity contribution in [2.45, 2.75) is 19.9 Å². The summed E-state index contributed by atoms with van der Waals surface area (Å²) >= 11 is 6.12. The molecule has 5 nitrogen and oxygen atoms in total. The predicted octanol–water partition coefficient (Wildman–Crippen LogP) is 1.67. The van der Waals surface area contributed by atoms with E-state index in [-0.39, 0.29) is 0 Å². The molecule has 1 aromatic rings. The van der Waals surface area contributed by atoms with Crippen LogP contribution in [0.5, 0.6) is 5.75 Å². The van der Waals surface area contributed by atoms with Crippen LogP contribution in [-0.4, -0.2) is 19.6 Å². The van der Waals surface area contributed by atoms with Crippen molar-refractivity contribution in [2.24, 2.45) is 10.8 Å². The first-order chi connectivity index (χ1) is 8.72. The van der Waals surface area contributed by atoms with Gasteiger partial charge < -0.3 is 10.1 Å². The lowest BCUT2D eigenvalue weighted by atomic mass is 10.2. The van der Waals surface area contributed by atoms with Gasteiger partial charge in [0.25, 0.3) is 0 Å². The number of aliphatic imine (C=N–C) groups is 1. The maximum absolute atomic E-state index is 6.12. The smallest absolute Gasteiger partial charge is 0.206 e. The third kappa shape index (κ3) is 4.09. The lowest BCUT2D eigenvalue weighted by Gasteiger charge is -2.10. The molecule has 0 heterocycles. The molecule has 0 bridgehead atoms. The lowest BCUT2D eigenvalue weighted by Crippen LogP contribution is -2.41. The number of nitrogens with two attached hydrogens (primary N) is 1. The van der Waals surface area contributed by atoms with Crippen LogP contribution in [0.15, 0.2) is 23.2 Å². The molecule has 0 spiro atoms. The molecule has 4 N–H and O–H groups in total. The van der Waals surface area contributed by atoms with E-state index in [2.05, 4.69) is 22.7 Å². The molecule has 6 heteroatoms. The zero-order valence-corrected chi connectivity index (χ0v) is 11.4. The second-order valence-electron chi connectivity index (χ2n) is 3.66. The molecule has 1 rings (SSSR count). The van der Waals surface area contributed by atoms with Crippen LogP contribution in [0.2, 0.25) is 5.02 Å². The Morgan fingerprint density at radius 2 is 2.28 bits per heavy atom. The van der Waals surface area contributed by atoms with Gasteiger partial charge in [-0.05, 0) is 18.6 Å². The van der Waals surface area contributed by atoms with Crippen molar-refractivity contribution < 1.29 is 4.74 Å². The van der Waals surface area contributed by atoms with Crippen molar-refractivity contribution in [3.05, 3.63) is 28.8 Å². The van der Waals surface area contributed by atoms with Gasteiger partial charge in [0.2, 0.25) is 5.96 Å². The summed E-state index contributed by atoms with van der Waals surface area (Å²) in [7, 11) is 1.61. The van der Waals surface area contributed by atoms with Crippen molar-refractivity contribution in [2.75, 3.05) is 13.7 Å². The van der Waals surface area contributed by atoms with E-state index in [0.29, 0.717) is 17.5 Å². The molecular formula is C12H19ClN4O. The average molecular weight is 271 g/mol. The van der Waals surface area contributed by atoms with E-state index in [0.717, 1.165) is 24.3 Å². The van der Waals surface area contributed by atoms with Crippen molar-refractivity contribution in [1.29, 1.82) is 0 Å². The second-order valence-corrected chi connectivity index (χ2v) is 4.06. The topological polar surface area (TPSA) is 71.7 Å². The Bertz CT molecular complexity index is 409. The number of methoxy groups -OCH3 is 1. The van der Waals surface area contributed by atoms with Gasteiger partial charge in [-0.2, -0.15) is 0 Å². The van der Waals surface area contributed by atoms with E-state index in [1.54, 1.807) is 7.11 Å². The van der Waals surface area contributed by atoms with Crippen LogP contribution in [0.1, 0.15) is 18.9 Å². The van der Waals surface area contributed by atoms with Gasteiger partial charge in [-0.1, -0.05) is 24.6 Å². The molecule has 0 unspecified atom stereocenters. The SMILES string of the molecule is CCCNC(=NCc1c(Cl)cccc1OC)NN. The van der Waals surface area contributed by atoms with Crippen LogP contribution in [0.3, 0.4) is 0 Å². The number of hydrogen-bond donors (Lipinski definition) is 3. The first-order valence-electron chi connectivity index (χ1n) is 5.79. The van der Waals surface area contributed by atoms with Gasteiger partial charge in [0, 0.05) is 17.1 Å². The Balaban J connectivity index is 2.80. The molecule has 0 saturated heterocycles. The first-order valence-corrected chi connectivity index (χ1v) is 6.17. The van der Waals surface area contributed by atoms with Gasteiger partial charge in [-0.25, -0.2) is 10.8 Å². The fraction of sp³-hybridized carbons (Fsp3) is 0.417. The number of rotatable bonds is 5. The van der Waals surface area contributed by atoms with Crippen LogP contribution in [0.4, 0.5) is 0 Å². The van der Waals surface area contributed by atoms with E-state index in [1.165, 1.54) is 0 Å². The molecule has 18 heavy (non-hydrogen) atoms. The summed E-state index contributed by atoms with van der Waals surface area (Å²) in [4.78, 5) is 4.32. The molecule has 0 aliphatic heterocycles. The molecule has 0 atom stereocenters. The monoisotopic (exact) mass is 270 g/mol. The highest BCUT2D eigenvalue weighted by Crippen LogP contribution is 2.26. The van der Waals surface area contributed by atoms with Crippen LogP contribution in [0, 0.1) is 0 Å². The second kappa shape index (κ2) is 7.79. The minimum atomic E-state index is 0.402. The maximum Gasteiger partial charge on any atom is 0.206 e. The summed E-state index contributed by atoms with van der Waals surface area (Å²) in [6.07, 6.45) is 0.996. The Kier molecular flexibility index (Phi) is 6.32. The molecule has 0 aliphatic carbocycles. The number of nitrogens with zero attached hydrogens (tertiary/aromatic N) is 1. The van der Waals surface area contributed by atoms with E-state index < -0.39 is 0 Å². The standard InChI is InChI=1S/C12H19ClN4O/c1-3-7-15-12(17-14)16-8-9-10(13)5-4-6-11(9)18-2/h4-6H,3,7-8,14H2,1-2H3,(H2,15,16,17). The summed E-state index contributed by atoms with van der Waals surface area (Å²) in [5.74, 6) is 6.64. The van der Waals surface area contributed by atoms with Gasteiger partial charge in [-0.15, -0.1) is 0 Å². The average Bonchev–Trinajstić information content (AvgIpc) is 2.40. The third-order valence-electron chi connectivity index (χ3n) is 2.37. The van der Waals surface area contributed by atoms with Crippen molar-refractivity contribution in [1.82, 2.24) is 10.7 Å². The summed E-state index contributed by atoms with van der Waals surface area (Å²) in [6, 6.07) is 5.50. The quantitative estimate of drug-likeness (QED) is 0.329. The van der Waals surface area contributed by atoms with Crippen molar-refractivity contribution >= 4 is 17.6 Å². The Morgan fingerprint density at radius 3 is 2.89 bits per heavy atom. The number of benzene rings is 1. The zero-order valence-electron chi connectivity index (χ0n) is 10.7. The number of guanidine groups is 1. The third-order valence-corrected chi connectivity index (χ3v) is 2.72. The van der Waals surface area contributed by atoms with Crippen molar-refractivity contribution in [3.8, 4) is 5.75 Å². The molecule has 0 aliphatic rings. The molecular weight excluding hydrogens is 252 g/mol. The molecule has 0 fully saturated rings. The maximum atomic E-state index is 6.12. The zero-order chi connectivity index (χ0) is 13.4. The summed E-state index contributed by atoms with van der Waals surface area (Å²) in [6.45, 7) is 3.28. The summed E-state index contributed by atoms with van der Waals surface area (Å²) in [5, 5.41) is 3.71. The number of halogens is 1.